The molecule has 0 bridgehead atoms. The summed E-state index contributed by atoms with van der Waals surface area (Å²) < 4.78 is 6.22. The van der Waals surface area contributed by atoms with Crippen molar-refractivity contribution in [2.24, 2.45) is 0 Å². The molecule has 2 aromatic rings. The zero-order valence-corrected chi connectivity index (χ0v) is 13.5. The van der Waals surface area contributed by atoms with Crippen molar-refractivity contribution in [3.8, 4) is 5.75 Å². The van der Waals surface area contributed by atoms with Gasteiger partial charge in [-0.05, 0) is 43.3 Å². The van der Waals surface area contributed by atoms with Crippen molar-refractivity contribution in [3.05, 3.63) is 70.3 Å². The highest BCUT2D eigenvalue weighted by Gasteiger charge is 2.05. The number of carbonyl (C=O) groups is 1. The molecule has 0 heterocycles. The molecule has 0 saturated heterocycles. The van der Waals surface area contributed by atoms with Gasteiger partial charge < -0.3 is 10.1 Å². The molecule has 0 amide bonds. The van der Waals surface area contributed by atoms with Crippen LogP contribution in [0.25, 0.3) is 0 Å². The maximum Gasteiger partial charge on any atom is 0.187 e. The van der Waals surface area contributed by atoms with Gasteiger partial charge in [0.1, 0.15) is 5.75 Å². The molecule has 0 aliphatic rings. The lowest BCUT2D eigenvalue weighted by Crippen LogP contribution is -2.02. The van der Waals surface area contributed by atoms with Crippen molar-refractivity contribution >= 4 is 27.4 Å². The van der Waals surface area contributed by atoms with E-state index in [4.69, 9.17) is 4.74 Å². The smallest absolute Gasteiger partial charge is 0.187 e. The molecule has 0 radical (unpaired) electrons. The van der Waals surface area contributed by atoms with Crippen LogP contribution in [0.3, 0.4) is 0 Å². The van der Waals surface area contributed by atoms with E-state index in [-0.39, 0.29) is 5.78 Å². The van der Waals surface area contributed by atoms with Gasteiger partial charge in [-0.1, -0.05) is 28.1 Å². The number of ketones is 1. The van der Waals surface area contributed by atoms with E-state index < -0.39 is 0 Å². The van der Waals surface area contributed by atoms with Crippen LogP contribution in [0.4, 0.5) is 5.69 Å². The van der Waals surface area contributed by atoms with Gasteiger partial charge in [-0.15, -0.1) is 0 Å². The summed E-state index contributed by atoms with van der Waals surface area (Å²) in [6.45, 7) is 1.85. The largest absolute Gasteiger partial charge is 0.495 e. The second-order valence-electron chi connectivity index (χ2n) is 4.52. The lowest BCUT2D eigenvalue weighted by atomic mass is 10.1. The first-order valence-corrected chi connectivity index (χ1v) is 7.27. The Morgan fingerprint density at radius 1 is 1.14 bits per heavy atom. The first-order chi connectivity index (χ1) is 10.1. The highest BCUT2D eigenvalue weighted by atomic mass is 79.9. The molecule has 0 aromatic heterocycles. The van der Waals surface area contributed by atoms with Gasteiger partial charge >= 0.3 is 0 Å². The molecule has 2 aromatic carbocycles. The van der Waals surface area contributed by atoms with Gasteiger partial charge in [0.15, 0.2) is 5.78 Å². The number of ether oxygens (including phenoxy) is 1. The third-order valence-corrected chi connectivity index (χ3v) is 3.44. The molecular formula is C17H16BrNO2. The first-order valence-electron chi connectivity index (χ1n) is 6.48. The van der Waals surface area contributed by atoms with E-state index in [1.165, 1.54) is 0 Å². The number of nitrogens with one attached hydrogen (secondary N) is 1. The molecule has 0 aliphatic carbocycles. The normalized spacial score (nSPS) is 11.1. The van der Waals surface area contributed by atoms with E-state index >= 15 is 0 Å². The number of benzene rings is 2. The second-order valence-corrected chi connectivity index (χ2v) is 5.44. The molecular weight excluding hydrogens is 330 g/mol. The Kier molecular flexibility index (Phi) is 5.17. The molecule has 21 heavy (non-hydrogen) atoms. The average Bonchev–Trinajstić information content (AvgIpc) is 2.48. The molecule has 0 spiro atoms. The van der Waals surface area contributed by atoms with E-state index in [2.05, 4.69) is 21.2 Å². The number of methoxy groups -OCH3 is 1. The van der Waals surface area contributed by atoms with Gasteiger partial charge in [-0.3, -0.25) is 4.79 Å². The molecule has 108 valence electrons. The average molecular weight is 346 g/mol. The maximum atomic E-state index is 12.1. The van der Waals surface area contributed by atoms with E-state index in [1.807, 2.05) is 43.3 Å². The molecule has 1 N–H and O–H groups in total. The minimum atomic E-state index is -0.0394. The van der Waals surface area contributed by atoms with Crippen molar-refractivity contribution in [1.82, 2.24) is 0 Å². The Labute approximate surface area is 132 Å². The fraction of sp³-hybridized carbons (Fsp3) is 0.118. The Morgan fingerprint density at radius 3 is 2.48 bits per heavy atom. The SMILES string of the molecule is COc1ccccc1NC(C)=CC(=O)c1ccc(Br)cc1. The summed E-state index contributed by atoms with van der Waals surface area (Å²) in [5.74, 6) is 0.698. The van der Waals surface area contributed by atoms with Gasteiger partial charge in [0.25, 0.3) is 0 Å². The second kappa shape index (κ2) is 7.09. The van der Waals surface area contributed by atoms with Crippen molar-refractivity contribution in [2.75, 3.05) is 12.4 Å². The van der Waals surface area contributed by atoms with E-state index in [0.29, 0.717) is 5.56 Å². The minimum absolute atomic E-state index is 0.0394. The highest BCUT2D eigenvalue weighted by molar-refractivity contribution is 9.10. The predicted molar refractivity (Wildman–Crippen MR) is 88.8 cm³/mol. The molecule has 0 atom stereocenters. The predicted octanol–water partition coefficient (Wildman–Crippen LogP) is 4.66. The van der Waals surface area contributed by atoms with Gasteiger partial charge in [0.2, 0.25) is 0 Å². The van der Waals surface area contributed by atoms with E-state index in [0.717, 1.165) is 21.6 Å². The minimum Gasteiger partial charge on any atom is -0.495 e. The van der Waals surface area contributed by atoms with E-state index in [9.17, 15) is 4.79 Å². The van der Waals surface area contributed by atoms with Crippen molar-refractivity contribution in [2.45, 2.75) is 6.92 Å². The van der Waals surface area contributed by atoms with Crippen LogP contribution in [0, 0.1) is 0 Å². The zero-order valence-electron chi connectivity index (χ0n) is 11.9. The summed E-state index contributed by atoms with van der Waals surface area (Å²) in [5.41, 5.74) is 2.24. The summed E-state index contributed by atoms with van der Waals surface area (Å²) in [5, 5.41) is 3.18. The quantitative estimate of drug-likeness (QED) is 0.632. The highest BCUT2D eigenvalue weighted by Crippen LogP contribution is 2.24. The van der Waals surface area contributed by atoms with Gasteiger partial charge in [0, 0.05) is 21.8 Å². The zero-order chi connectivity index (χ0) is 15.2. The standard InChI is InChI=1S/C17H16BrNO2/c1-12(19-15-5-3-4-6-17(15)21-2)11-16(20)13-7-9-14(18)10-8-13/h3-11,19H,1-2H3. The first kappa shape index (κ1) is 15.3. The van der Waals surface area contributed by atoms with Crippen LogP contribution >= 0.6 is 15.9 Å². The summed E-state index contributed by atoms with van der Waals surface area (Å²) >= 11 is 3.35. The molecule has 3 nitrogen and oxygen atoms in total. The van der Waals surface area contributed by atoms with Crippen LogP contribution in [-0.2, 0) is 0 Å². The van der Waals surface area contributed by atoms with Crippen molar-refractivity contribution < 1.29 is 9.53 Å². The fourth-order valence-electron chi connectivity index (χ4n) is 1.89. The Bertz CT molecular complexity index is 663. The number of para-hydroxylation sites is 2. The molecule has 2 rings (SSSR count). The topological polar surface area (TPSA) is 38.3 Å². The van der Waals surface area contributed by atoms with Gasteiger partial charge in [-0.2, -0.15) is 0 Å². The van der Waals surface area contributed by atoms with Crippen LogP contribution in [-0.4, -0.2) is 12.9 Å². The Balaban J connectivity index is 2.13. The number of rotatable bonds is 5. The lowest BCUT2D eigenvalue weighted by molar-refractivity contribution is 0.104. The molecule has 0 saturated carbocycles. The molecule has 0 fully saturated rings. The molecule has 4 heteroatoms. The van der Waals surface area contributed by atoms with Crippen LogP contribution in [0.2, 0.25) is 0 Å². The number of halogens is 1. The molecule has 0 aliphatic heterocycles. The summed E-state index contributed by atoms with van der Waals surface area (Å²) in [6.07, 6.45) is 1.58. The number of allylic oxidation sites excluding steroid dienone is 2. The third-order valence-electron chi connectivity index (χ3n) is 2.92. The number of anilines is 1. The summed E-state index contributed by atoms with van der Waals surface area (Å²) in [6, 6.07) is 14.9. The third kappa shape index (κ3) is 4.20. The summed E-state index contributed by atoms with van der Waals surface area (Å²) in [4.78, 5) is 12.1. The van der Waals surface area contributed by atoms with Crippen LogP contribution in [0.15, 0.2) is 64.8 Å². The number of hydrogen-bond acceptors (Lipinski definition) is 3. The maximum absolute atomic E-state index is 12.1. The van der Waals surface area contributed by atoms with Crippen LogP contribution < -0.4 is 10.1 Å². The number of carbonyl (C=O) groups excluding carboxylic acids is 1. The number of hydrogen-bond donors (Lipinski definition) is 1. The Hall–Kier alpha value is -2.07. The van der Waals surface area contributed by atoms with Crippen molar-refractivity contribution in [1.29, 1.82) is 0 Å². The monoisotopic (exact) mass is 345 g/mol. The van der Waals surface area contributed by atoms with E-state index in [1.54, 1.807) is 25.3 Å². The molecule has 0 unspecified atom stereocenters. The fourth-order valence-corrected chi connectivity index (χ4v) is 2.15. The van der Waals surface area contributed by atoms with Crippen molar-refractivity contribution in [3.63, 3.8) is 0 Å². The van der Waals surface area contributed by atoms with Crippen LogP contribution in [0.5, 0.6) is 5.75 Å². The lowest BCUT2D eigenvalue weighted by Gasteiger charge is -2.10. The van der Waals surface area contributed by atoms with Gasteiger partial charge in [-0.25, -0.2) is 0 Å². The summed E-state index contributed by atoms with van der Waals surface area (Å²) in [7, 11) is 1.62. The Morgan fingerprint density at radius 2 is 1.81 bits per heavy atom. The van der Waals surface area contributed by atoms with Crippen LogP contribution in [0.1, 0.15) is 17.3 Å². The van der Waals surface area contributed by atoms with Gasteiger partial charge in [0.05, 0.1) is 12.8 Å².